The Kier molecular flexibility index (Phi) is 3.67. The molecular weight excluding hydrogens is 352 g/mol. The minimum Gasteiger partial charge on any atom is -0.460 e. The number of benzene rings is 4. The van der Waals surface area contributed by atoms with Crippen molar-refractivity contribution in [1.82, 2.24) is 0 Å². The summed E-state index contributed by atoms with van der Waals surface area (Å²) in [6.07, 6.45) is 4.30. The van der Waals surface area contributed by atoms with Crippen molar-refractivity contribution in [2.45, 2.75) is 12.8 Å². The summed E-state index contributed by atoms with van der Waals surface area (Å²) in [7, 11) is 0. The van der Waals surface area contributed by atoms with Crippen molar-refractivity contribution in [3.05, 3.63) is 108 Å². The van der Waals surface area contributed by atoms with E-state index in [0.717, 1.165) is 24.2 Å². The first-order chi connectivity index (χ1) is 14.4. The van der Waals surface area contributed by atoms with Gasteiger partial charge in [0.15, 0.2) is 0 Å². The minimum atomic E-state index is 0.944. The molecule has 0 atom stereocenters. The van der Waals surface area contributed by atoms with Crippen LogP contribution in [0.25, 0.3) is 44.5 Å². The Morgan fingerprint density at radius 1 is 0.586 bits per heavy atom. The molecule has 0 fully saturated rings. The molecule has 0 aliphatic heterocycles. The van der Waals surface area contributed by atoms with Crippen molar-refractivity contribution in [1.29, 1.82) is 0 Å². The minimum absolute atomic E-state index is 0.944. The third-order valence-corrected chi connectivity index (χ3v) is 5.98. The van der Waals surface area contributed by atoms with Gasteiger partial charge in [-0.15, -0.1) is 0 Å². The van der Waals surface area contributed by atoms with Crippen molar-refractivity contribution in [3.8, 4) is 11.1 Å². The molecule has 0 spiro atoms. The number of allylic oxidation sites excluding steroid dienone is 1. The third-order valence-electron chi connectivity index (χ3n) is 5.98. The van der Waals surface area contributed by atoms with Crippen molar-refractivity contribution in [3.63, 3.8) is 0 Å². The van der Waals surface area contributed by atoms with Crippen LogP contribution in [0, 0.1) is 0 Å². The number of hydrogen-bond acceptors (Lipinski definition) is 1. The first-order valence-corrected chi connectivity index (χ1v) is 10.2. The van der Waals surface area contributed by atoms with Crippen LogP contribution in [0.3, 0.4) is 0 Å². The zero-order valence-corrected chi connectivity index (χ0v) is 16.1. The van der Waals surface area contributed by atoms with E-state index in [9.17, 15) is 0 Å². The van der Waals surface area contributed by atoms with Crippen LogP contribution in [0.15, 0.2) is 95.4 Å². The second-order valence-electron chi connectivity index (χ2n) is 7.69. The monoisotopic (exact) mass is 372 g/mol. The smallest absolute Gasteiger partial charge is 0.142 e. The van der Waals surface area contributed by atoms with E-state index in [1.807, 2.05) is 0 Å². The average Bonchev–Trinajstić information content (AvgIpc) is 3.18. The second kappa shape index (κ2) is 6.49. The van der Waals surface area contributed by atoms with E-state index in [1.165, 1.54) is 44.0 Å². The summed E-state index contributed by atoms with van der Waals surface area (Å²) in [6.45, 7) is 0. The van der Waals surface area contributed by atoms with Gasteiger partial charge < -0.3 is 4.42 Å². The van der Waals surface area contributed by atoms with Crippen LogP contribution in [0.1, 0.15) is 23.3 Å². The highest BCUT2D eigenvalue weighted by molar-refractivity contribution is 6.14. The predicted molar refractivity (Wildman–Crippen MR) is 122 cm³/mol. The van der Waals surface area contributed by atoms with Crippen molar-refractivity contribution < 1.29 is 4.42 Å². The molecule has 0 saturated carbocycles. The molecule has 1 heteroatoms. The Bertz CT molecular complexity index is 1370. The van der Waals surface area contributed by atoms with Gasteiger partial charge in [0, 0.05) is 22.8 Å². The summed E-state index contributed by atoms with van der Waals surface area (Å²) < 4.78 is 6.43. The molecule has 4 aromatic carbocycles. The van der Waals surface area contributed by atoms with Gasteiger partial charge >= 0.3 is 0 Å². The Balaban J connectivity index is 1.66. The van der Waals surface area contributed by atoms with Gasteiger partial charge in [-0.05, 0) is 46.2 Å². The number of aryl methyl sites for hydroxylation is 1. The average molecular weight is 372 g/mol. The maximum absolute atomic E-state index is 6.43. The van der Waals surface area contributed by atoms with Crippen LogP contribution in [0.5, 0.6) is 0 Å². The van der Waals surface area contributed by atoms with E-state index in [-0.39, 0.29) is 0 Å². The highest BCUT2D eigenvalue weighted by Crippen LogP contribution is 2.42. The number of fused-ring (bicyclic) bond motifs is 5. The standard InChI is InChI=1S/C28H20O/c1-3-9-19(10-4-1)21-15-16-27-25(17-21)26-18-24(20-11-5-2-6-12-20)22-13-7-8-14-23(22)28(26)29-27/h1-14,17-18H,15-16H2. The lowest BCUT2D eigenvalue weighted by Crippen LogP contribution is -1.96. The van der Waals surface area contributed by atoms with Crippen molar-refractivity contribution in [2.24, 2.45) is 0 Å². The molecule has 1 nitrogen and oxygen atoms in total. The maximum Gasteiger partial charge on any atom is 0.142 e. The first-order valence-electron chi connectivity index (χ1n) is 10.2. The Morgan fingerprint density at radius 2 is 1.24 bits per heavy atom. The molecule has 0 amide bonds. The molecule has 29 heavy (non-hydrogen) atoms. The van der Waals surface area contributed by atoms with Gasteiger partial charge in [-0.3, -0.25) is 0 Å². The molecule has 0 unspecified atom stereocenters. The fourth-order valence-electron chi connectivity index (χ4n) is 4.56. The van der Waals surface area contributed by atoms with E-state index in [1.54, 1.807) is 0 Å². The molecule has 5 aromatic rings. The van der Waals surface area contributed by atoms with Crippen LogP contribution in [-0.4, -0.2) is 0 Å². The summed E-state index contributed by atoms with van der Waals surface area (Å²) in [5.41, 5.74) is 7.44. The maximum atomic E-state index is 6.43. The van der Waals surface area contributed by atoms with E-state index < -0.39 is 0 Å². The number of furan rings is 1. The summed E-state index contributed by atoms with van der Waals surface area (Å²) in [5.74, 6) is 1.11. The van der Waals surface area contributed by atoms with Crippen LogP contribution < -0.4 is 0 Å². The van der Waals surface area contributed by atoms with Crippen LogP contribution in [0.2, 0.25) is 0 Å². The molecule has 0 N–H and O–H groups in total. The number of rotatable bonds is 2. The Labute approximate surface area is 169 Å². The predicted octanol–water partition coefficient (Wildman–Crippen LogP) is 7.74. The van der Waals surface area contributed by atoms with Crippen LogP contribution in [0.4, 0.5) is 0 Å². The zero-order valence-electron chi connectivity index (χ0n) is 16.1. The van der Waals surface area contributed by atoms with Crippen LogP contribution >= 0.6 is 0 Å². The lowest BCUT2D eigenvalue weighted by Gasteiger charge is -2.13. The van der Waals surface area contributed by atoms with Crippen molar-refractivity contribution >= 4 is 33.4 Å². The van der Waals surface area contributed by atoms with Gasteiger partial charge in [0.1, 0.15) is 11.3 Å². The second-order valence-corrected chi connectivity index (χ2v) is 7.69. The van der Waals surface area contributed by atoms with Gasteiger partial charge in [-0.1, -0.05) is 84.9 Å². The SMILES string of the molecule is C1=C(c2ccccc2)CCc2oc3c(cc(-c4ccccc4)c4ccccc43)c21. The first kappa shape index (κ1) is 16.4. The van der Waals surface area contributed by atoms with E-state index >= 15 is 0 Å². The normalized spacial score (nSPS) is 13.4. The fourth-order valence-corrected chi connectivity index (χ4v) is 4.56. The molecule has 138 valence electrons. The van der Waals surface area contributed by atoms with Crippen molar-refractivity contribution in [2.75, 3.05) is 0 Å². The Hall–Kier alpha value is -3.58. The highest BCUT2D eigenvalue weighted by atomic mass is 16.3. The van der Waals surface area contributed by atoms with E-state index in [2.05, 4.69) is 97.1 Å². The lowest BCUT2D eigenvalue weighted by molar-refractivity contribution is 0.550. The molecule has 0 saturated heterocycles. The van der Waals surface area contributed by atoms with Gasteiger partial charge in [0.25, 0.3) is 0 Å². The van der Waals surface area contributed by atoms with Crippen LogP contribution in [-0.2, 0) is 6.42 Å². The van der Waals surface area contributed by atoms with Gasteiger partial charge in [0.05, 0.1) is 0 Å². The van der Waals surface area contributed by atoms with Gasteiger partial charge in [-0.2, -0.15) is 0 Å². The summed E-state index contributed by atoms with van der Waals surface area (Å²) >= 11 is 0. The third kappa shape index (κ3) is 2.62. The zero-order chi connectivity index (χ0) is 19.2. The molecular formula is C28H20O. The van der Waals surface area contributed by atoms with E-state index in [4.69, 9.17) is 4.42 Å². The highest BCUT2D eigenvalue weighted by Gasteiger charge is 2.21. The topological polar surface area (TPSA) is 13.1 Å². The molecule has 1 aliphatic rings. The van der Waals surface area contributed by atoms with E-state index in [0.29, 0.717) is 0 Å². The largest absolute Gasteiger partial charge is 0.460 e. The summed E-state index contributed by atoms with van der Waals surface area (Å²) in [5, 5.41) is 3.64. The summed E-state index contributed by atoms with van der Waals surface area (Å²) in [4.78, 5) is 0. The fraction of sp³-hybridized carbons (Fsp3) is 0.0714. The quantitative estimate of drug-likeness (QED) is 0.309. The Morgan fingerprint density at radius 3 is 2.00 bits per heavy atom. The molecule has 1 aromatic heterocycles. The van der Waals surface area contributed by atoms with Gasteiger partial charge in [0.2, 0.25) is 0 Å². The number of hydrogen-bond donors (Lipinski definition) is 0. The summed E-state index contributed by atoms with van der Waals surface area (Å²) in [6, 6.07) is 32.2. The molecule has 0 radical (unpaired) electrons. The molecule has 0 bridgehead atoms. The molecule has 1 aliphatic carbocycles. The molecule has 6 rings (SSSR count). The molecule has 1 heterocycles. The van der Waals surface area contributed by atoms with Gasteiger partial charge in [-0.25, -0.2) is 0 Å². The lowest BCUT2D eigenvalue weighted by atomic mass is 9.90.